The Morgan fingerprint density at radius 1 is 0.484 bits per heavy atom. The first-order valence-corrected chi connectivity index (χ1v) is 26.9. The van der Waals surface area contributed by atoms with Crippen molar-refractivity contribution in [2.45, 2.75) is 289 Å². The molecule has 62 heavy (non-hydrogen) atoms. The average Bonchev–Trinajstić information content (AvgIpc) is 3.26. The quantitative estimate of drug-likeness (QED) is 0.0245. The first kappa shape index (κ1) is 59.8. The molecule has 0 aromatic heterocycles. The third-order valence-electron chi connectivity index (χ3n) is 12.2. The van der Waals surface area contributed by atoms with E-state index >= 15 is 0 Å². The molecule has 362 valence electrons. The van der Waals surface area contributed by atoms with Crippen LogP contribution in [0.2, 0.25) is 0 Å². The Bertz CT molecular complexity index is 1070. The van der Waals surface area contributed by atoms with Gasteiger partial charge in [-0.05, 0) is 70.6 Å². The summed E-state index contributed by atoms with van der Waals surface area (Å²) < 4.78 is 5.92. The minimum absolute atomic E-state index is 0.0537. The van der Waals surface area contributed by atoms with Crippen molar-refractivity contribution >= 4 is 11.9 Å². The molecular formula is C56H103NO5. The molecule has 0 saturated carbocycles. The molecule has 0 aliphatic carbocycles. The first-order chi connectivity index (χ1) is 30.5. The lowest BCUT2D eigenvalue weighted by Gasteiger charge is -2.24. The van der Waals surface area contributed by atoms with Gasteiger partial charge < -0.3 is 20.3 Å². The van der Waals surface area contributed by atoms with E-state index in [0.29, 0.717) is 19.3 Å². The molecule has 0 bridgehead atoms. The van der Waals surface area contributed by atoms with Crippen molar-refractivity contribution < 1.29 is 24.5 Å². The van der Waals surface area contributed by atoms with Crippen LogP contribution in [0, 0.1) is 0 Å². The predicted molar refractivity (Wildman–Crippen MR) is 269 cm³/mol. The van der Waals surface area contributed by atoms with Gasteiger partial charge in [0.2, 0.25) is 5.91 Å². The molecule has 0 aliphatic heterocycles. The van der Waals surface area contributed by atoms with E-state index in [1.165, 1.54) is 154 Å². The summed E-state index contributed by atoms with van der Waals surface area (Å²) in [6.07, 6.45) is 60.4. The van der Waals surface area contributed by atoms with Gasteiger partial charge in [0.05, 0.1) is 25.2 Å². The Hall–Kier alpha value is -2.18. The molecule has 0 saturated heterocycles. The Morgan fingerprint density at radius 3 is 1.37 bits per heavy atom. The standard InChI is InChI=1S/C56H103NO5/c1-4-7-10-13-16-19-22-24-26-27-29-31-34-37-40-43-46-49-56(61)62-52(47-44-41-38-35-32-21-18-15-12-9-6-3)50-55(60)57-53(51-58)54(59)48-45-42-39-36-33-30-28-25-23-20-17-14-11-8-5-2/h9,12,15,18,21,24,26,32,52-54,58-59H,4-8,10-11,13-14,16-17,19-20,22-23,25,27-31,33-51H2,1-3H3,(H,57,60)/b12-9+,18-15+,26-24+,32-21-. The zero-order chi connectivity index (χ0) is 45.2. The van der Waals surface area contributed by atoms with Gasteiger partial charge in [-0.25, -0.2) is 0 Å². The summed E-state index contributed by atoms with van der Waals surface area (Å²) >= 11 is 0. The van der Waals surface area contributed by atoms with Gasteiger partial charge in [-0.15, -0.1) is 0 Å². The molecule has 3 unspecified atom stereocenters. The molecule has 0 aromatic rings. The number of aliphatic hydroxyl groups is 2. The van der Waals surface area contributed by atoms with Gasteiger partial charge in [0.15, 0.2) is 0 Å². The number of amides is 1. The number of allylic oxidation sites excluding steroid dienone is 8. The summed E-state index contributed by atoms with van der Waals surface area (Å²) in [6.45, 7) is 6.35. The lowest BCUT2D eigenvalue weighted by Crippen LogP contribution is -2.46. The molecule has 0 aliphatic rings. The summed E-state index contributed by atoms with van der Waals surface area (Å²) in [6, 6.07) is -0.713. The summed E-state index contributed by atoms with van der Waals surface area (Å²) in [4.78, 5) is 26.1. The number of unbranched alkanes of at least 4 members (excludes halogenated alkanes) is 30. The van der Waals surface area contributed by atoms with Crippen LogP contribution in [0.5, 0.6) is 0 Å². The van der Waals surface area contributed by atoms with Gasteiger partial charge in [0.25, 0.3) is 0 Å². The van der Waals surface area contributed by atoms with Gasteiger partial charge in [-0.1, -0.05) is 236 Å². The number of carbonyl (C=O) groups is 2. The topological polar surface area (TPSA) is 95.9 Å². The number of hydrogen-bond acceptors (Lipinski definition) is 5. The van der Waals surface area contributed by atoms with Gasteiger partial charge in [-0.3, -0.25) is 9.59 Å². The Kier molecular flexibility index (Phi) is 48.1. The number of hydrogen-bond donors (Lipinski definition) is 3. The second kappa shape index (κ2) is 49.8. The number of rotatable bonds is 48. The van der Waals surface area contributed by atoms with Crippen LogP contribution in [0.1, 0.15) is 271 Å². The Morgan fingerprint density at radius 2 is 0.887 bits per heavy atom. The summed E-state index contributed by atoms with van der Waals surface area (Å²) in [5.74, 6) is -0.508. The fourth-order valence-corrected chi connectivity index (χ4v) is 8.13. The zero-order valence-corrected chi connectivity index (χ0v) is 41.3. The van der Waals surface area contributed by atoms with Crippen molar-refractivity contribution in [3.63, 3.8) is 0 Å². The zero-order valence-electron chi connectivity index (χ0n) is 41.3. The lowest BCUT2D eigenvalue weighted by atomic mass is 10.0. The number of nitrogens with one attached hydrogen (secondary N) is 1. The monoisotopic (exact) mass is 870 g/mol. The van der Waals surface area contributed by atoms with Crippen molar-refractivity contribution in [2.24, 2.45) is 0 Å². The third-order valence-corrected chi connectivity index (χ3v) is 12.2. The summed E-state index contributed by atoms with van der Waals surface area (Å²) in [5, 5.41) is 23.8. The highest BCUT2D eigenvalue weighted by Crippen LogP contribution is 2.18. The van der Waals surface area contributed by atoms with Crippen LogP contribution in [-0.2, 0) is 14.3 Å². The Labute approximate surface area is 385 Å². The average molecular weight is 870 g/mol. The van der Waals surface area contributed by atoms with Crippen LogP contribution in [-0.4, -0.2) is 46.9 Å². The molecular weight excluding hydrogens is 767 g/mol. The van der Waals surface area contributed by atoms with E-state index in [0.717, 1.165) is 70.6 Å². The van der Waals surface area contributed by atoms with Gasteiger partial charge in [0.1, 0.15) is 6.10 Å². The number of aliphatic hydroxyl groups excluding tert-OH is 2. The summed E-state index contributed by atoms with van der Waals surface area (Å²) in [5.41, 5.74) is 0. The number of carbonyl (C=O) groups excluding carboxylic acids is 2. The smallest absolute Gasteiger partial charge is 0.306 e. The van der Waals surface area contributed by atoms with Crippen LogP contribution in [0.3, 0.4) is 0 Å². The van der Waals surface area contributed by atoms with Crippen molar-refractivity contribution in [3.8, 4) is 0 Å². The van der Waals surface area contributed by atoms with E-state index in [1.54, 1.807) is 0 Å². The van der Waals surface area contributed by atoms with Gasteiger partial charge in [0, 0.05) is 6.42 Å². The largest absolute Gasteiger partial charge is 0.462 e. The van der Waals surface area contributed by atoms with Crippen LogP contribution >= 0.6 is 0 Å². The summed E-state index contributed by atoms with van der Waals surface area (Å²) in [7, 11) is 0. The van der Waals surface area contributed by atoms with E-state index < -0.39 is 18.2 Å². The van der Waals surface area contributed by atoms with E-state index in [-0.39, 0.29) is 24.9 Å². The van der Waals surface area contributed by atoms with Crippen LogP contribution < -0.4 is 5.32 Å². The van der Waals surface area contributed by atoms with Crippen molar-refractivity contribution in [3.05, 3.63) is 48.6 Å². The molecule has 3 atom stereocenters. The van der Waals surface area contributed by atoms with Crippen LogP contribution in [0.15, 0.2) is 48.6 Å². The molecule has 0 rings (SSSR count). The molecule has 6 heteroatoms. The molecule has 1 amide bonds. The Balaban J connectivity index is 4.51. The van der Waals surface area contributed by atoms with Gasteiger partial charge >= 0.3 is 5.97 Å². The fourth-order valence-electron chi connectivity index (χ4n) is 8.13. The van der Waals surface area contributed by atoms with E-state index in [1.807, 2.05) is 6.08 Å². The number of ether oxygens (including phenoxy) is 1. The maximum atomic E-state index is 13.2. The molecule has 0 radical (unpaired) electrons. The van der Waals surface area contributed by atoms with Crippen molar-refractivity contribution in [1.82, 2.24) is 5.32 Å². The van der Waals surface area contributed by atoms with Crippen LogP contribution in [0.25, 0.3) is 0 Å². The first-order valence-electron chi connectivity index (χ1n) is 26.9. The van der Waals surface area contributed by atoms with E-state index in [9.17, 15) is 19.8 Å². The minimum Gasteiger partial charge on any atom is -0.462 e. The van der Waals surface area contributed by atoms with E-state index in [4.69, 9.17) is 4.74 Å². The molecule has 0 spiro atoms. The lowest BCUT2D eigenvalue weighted by molar-refractivity contribution is -0.151. The highest BCUT2D eigenvalue weighted by Gasteiger charge is 2.24. The molecule has 0 heterocycles. The molecule has 3 N–H and O–H groups in total. The molecule has 0 fully saturated rings. The maximum Gasteiger partial charge on any atom is 0.306 e. The molecule has 0 aromatic carbocycles. The van der Waals surface area contributed by atoms with Crippen molar-refractivity contribution in [1.29, 1.82) is 0 Å². The second-order valence-electron chi connectivity index (χ2n) is 18.3. The maximum absolute atomic E-state index is 13.2. The fraction of sp³-hybridized carbons (Fsp3) is 0.821. The second-order valence-corrected chi connectivity index (χ2v) is 18.3. The molecule has 6 nitrogen and oxygen atoms in total. The van der Waals surface area contributed by atoms with E-state index in [2.05, 4.69) is 68.6 Å². The highest BCUT2D eigenvalue weighted by molar-refractivity contribution is 5.77. The van der Waals surface area contributed by atoms with Gasteiger partial charge in [-0.2, -0.15) is 0 Å². The van der Waals surface area contributed by atoms with Crippen molar-refractivity contribution in [2.75, 3.05) is 6.61 Å². The normalized spacial score (nSPS) is 13.6. The SMILES string of the molecule is CC/C=C/C=C/C=C\CCCCCC(CC(=O)NC(CO)C(O)CCCCCCCCCCCCCCCCC)OC(=O)CCCCCCCCC/C=C/CCCCCCCC. The highest BCUT2D eigenvalue weighted by atomic mass is 16.5. The third kappa shape index (κ3) is 44.4. The van der Waals surface area contributed by atoms with Crippen LogP contribution in [0.4, 0.5) is 0 Å². The predicted octanol–water partition coefficient (Wildman–Crippen LogP) is 16.2. The minimum atomic E-state index is -0.797. The number of esters is 1.